The summed E-state index contributed by atoms with van der Waals surface area (Å²) < 4.78 is 0. The first-order valence-electron chi connectivity index (χ1n) is 9.11. The molecule has 5 nitrogen and oxygen atoms in total. The van der Waals surface area contributed by atoms with Gasteiger partial charge in [0.25, 0.3) is 0 Å². The summed E-state index contributed by atoms with van der Waals surface area (Å²) in [6.45, 7) is 4.34. The fraction of sp³-hybridized carbons (Fsp3) is 0.333. The van der Waals surface area contributed by atoms with Crippen LogP contribution in [-0.4, -0.2) is 31.3 Å². The minimum Gasteiger partial charge on any atom is -0.385 e. The number of hydrogen-bond donors (Lipinski definition) is 2. The Morgan fingerprint density at radius 3 is 2.42 bits per heavy atom. The highest BCUT2D eigenvalue weighted by Gasteiger charge is 2.11. The summed E-state index contributed by atoms with van der Waals surface area (Å²) in [4.78, 5) is 25.9. The third-order valence-corrected chi connectivity index (χ3v) is 4.57. The minimum absolute atomic E-state index is 0.0138. The smallest absolute Gasteiger partial charge is 0.226 e. The van der Waals surface area contributed by atoms with E-state index in [1.807, 2.05) is 0 Å². The van der Waals surface area contributed by atoms with Crippen molar-refractivity contribution in [3.8, 4) is 0 Å². The second kappa shape index (κ2) is 8.52. The first-order valence-corrected chi connectivity index (χ1v) is 9.11. The van der Waals surface area contributed by atoms with Crippen molar-refractivity contribution in [3.05, 3.63) is 54.1 Å². The molecule has 1 aliphatic heterocycles. The van der Waals surface area contributed by atoms with Crippen molar-refractivity contribution in [1.82, 2.24) is 0 Å². The number of benzene rings is 2. The van der Waals surface area contributed by atoms with E-state index in [1.165, 1.54) is 25.5 Å². The molecule has 2 aromatic carbocycles. The molecule has 136 valence electrons. The van der Waals surface area contributed by atoms with Crippen molar-refractivity contribution < 1.29 is 9.59 Å². The zero-order valence-corrected chi connectivity index (χ0v) is 15.1. The number of ketones is 1. The molecule has 0 bridgehead atoms. The number of carbonyl (C=O) groups excluding carboxylic acids is 2. The molecule has 2 aromatic rings. The van der Waals surface area contributed by atoms with Gasteiger partial charge in [0.1, 0.15) is 0 Å². The highest BCUT2D eigenvalue weighted by Crippen LogP contribution is 2.22. The molecule has 1 saturated heterocycles. The van der Waals surface area contributed by atoms with E-state index < -0.39 is 0 Å². The Hall–Kier alpha value is -2.82. The van der Waals surface area contributed by atoms with Crippen LogP contribution in [0.4, 0.5) is 17.1 Å². The molecule has 2 N–H and O–H groups in total. The standard InChI is InChI=1S/C21H25N3O2/c1-16(25)17-5-4-6-19(15-17)23-21(26)11-12-22-18-7-9-20(10-8-18)24-13-2-3-14-24/h4-10,15,22H,2-3,11-14H2,1H3,(H,23,26). The average molecular weight is 351 g/mol. The molecular formula is C21H25N3O2. The van der Waals surface area contributed by atoms with Crippen LogP contribution in [0.5, 0.6) is 0 Å². The maximum Gasteiger partial charge on any atom is 0.226 e. The molecule has 5 heteroatoms. The number of nitrogens with zero attached hydrogens (tertiary/aromatic N) is 1. The van der Waals surface area contributed by atoms with Gasteiger partial charge in [0, 0.05) is 48.7 Å². The zero-order valence-electron chi connectivity index (χ0n) is 15.1. The lowest BCUT2D eigenvalue weighted by Crippen LogP contribution is -2.18. The molecule has 26 heavy (non-hydrogen) atoms. The topological polar surface area (TPSA) is 61.4 Å². The highest BCUT2D eigenvalue weighted by atomic mass is 16.1. The summed E-state index contributed by atoms with van der Waals surface area (Å²) >= 11 is 0. The molecule has 3 rings (SSSR count). The predicted octanol–water partition coefficient (Wildman–Crippen LogP) is 3.93. The molecule has 0 unspecified atom stereocenters. The van der Waals surface area contributed by atoms with Gasteiger partial charge in [-0.25, -0.2) is 0 Å². The maximum atomic E-state index is 12.1. The lowest BCUT2D eigenvalue weighted by Gasteiger charge is -2.18. The predicted molar refractivity (Wildman–Crippen MR) is 106 cm³/mol. The van der Waals surface area contributed by atoms with Crippen molar-refractivity contribution in [2.75, 3.05) is 35.2 Å². The molecule has 0 radical (unpaired) electrons. The van der Waals surface area contributed by atoms with E-state index in [0.29, 0.717) is 24.2 Å². The van der Waals surface area contributed by atoms with Gasteiger partial charge >= 0.3 is 0 Å². The average Bonchev–Trinajstić information content (AvgIpc) is 3.17. The van der Waals surface area contributed by atoms with Crippen molar-refractivity contribution in [1.29, 1.82) is 0 Å². The molecule has 1 aliphatic rings. The number of Topliss-reactive ketones (excluding diaryl/α,β-unsaturated/α-hetero) is 1. The summed E-state index contributed by atoms with van der Waals surface area (Å²) in [6, 6.07) is 15.4. The van der Waals surface area contributed by atoms with Gasteiger partial charge in [-0.05, 0) is 56.2 Å². The van der Waals surface area contributed by atoms with E-state index in [4.69, 9.17) is 0 Å². The van der Waals surface area contributed by atoms with Gasteiger partial charge < -0.3 is 15.5 Å². The van der Waals surface area contributed by atoms with Crippen LogP contribution in [0.2, 0.25) is 0 Å². The minimum atomic E-state index is -0.0770. The summed E-state index contributed by atoms with van der Waals surface area (Å²) in [5, 5.41) is 6.11. The Labute approximate surface area is 154 Å². The van der Waals surface area contributed by atoms with Crippen molar-refractivity contribution >= 4 is 28.8 Å². The van der Waals surface area contributed by atoms with Gasteiger partial charge in [-0.3, -0.25) is 9.59 Å². The van der Waals surface area contributed by atoms with Gasteiger partial charge in [0.05, 0.1) is 0 Å². The molecule has 0 spiro atoms. The Kier molecular flexibility index (Phi) is 5.89. The number of carbonyl (C=O) groups is 2. The van der Waals surface area contributed by atoms with Crippen LogP contribution in [0, 0.1) is 0 Å². The SMILES string of the molecule is CC(=O)c1cccc(NC(=O)CCNc2ccc(N3CCCC3)cc2)c1. The van der Waals surface area contributed by atoms with Crippen LogP contribution in [0.15, 0.2) is 48.5 Å². The molecule has 0 atom stereocenters. The van der Waals surface area contributed by atoms with Crippen LogP contribution in [0.3, 0.4) is 0 Å². The van der Waals surface area contributed by atoms with E-state index in [0.717, 1.165) is 18.8 Å². The Balaban J connectivity index is 1.44. The normalized spacial score (nSPS) is 13.5. The Morgan fingerprint density at radius 1 is 1.00 bits per heavy atom. The van der Waals surface area contributed by atoms with E-state index >= 15 is 0 Å². The summed E-state index contributed by atoms with van der Waals surface area (Å²) in [5.74, 6) is -0.0907. The van der Waals surface area contributed by atoms with Gasteiger partial charge in [0.15, 0.2) is 5.78 Å². The van der Waals surface area contributed by atoms with E-state index in [-0.39, 0.29) is 11.7 Å². The lowest BCUT2D eigenvalue weighted by atomic mass is 10.1. The largest absolute Gasteiger partial charge is 0.385 e. The van der Waals surface area contributed by atoms with E-state index in [9.17, 15) is 9.59 Å². The zero-order chi connectivity index (χ0) is 18.4. The quantitative estimate of drug-likeness (QED) is 0.742. The summed E-state index contributed by atoms with van der Waals surface area (Å²) in [6.07, 6.45) is 2.90. The molecule has 0 saturated carbocycles. The third kappa shape index (κ3) is 4.85. The summed E-state index contributed by atoms with van der Waals surface area (Å²) in [5.41, 5.74) is 3.52. The highest BCUT2D eigenvalue weighted by molar-refractivity contribution is 5.97. The second-order valence-corrected chi connectivity index (χ2v) is 6.60. The van der Waals surface area contributed by atoms with Gasteiger partial charge in [0.2, 0.25) is 5.91 Å². The number of hydrogen-bond acceptors (Lipinski definition) is 4. The van der Waals surface area contributed by atoms with Crippen molar-refractivity contribution in [3.63, 3.8) is 0 Å². The number of anilines is 3. The van der Waals surface area contributed by atoms with Crippen molar-refractivity contribution in [2.45, 2.75) is 26.2 Å². The first-order chi connectivity index (χ1) is 12.6. The Bertz CT molecular complexity index is 765. The maximum absolute atomic E-state index is 12.1. The number of amides is 1. The van der Waals surface area contributed by atoms with Gasteiger partial charge in [-0.1, -0.05) is 12.1 Å². The van der Waals surface area contributed by atoms with E-state index in [2.05, 4.69) is 39.8 Å². The molecule has 1 fully saturated rings. The van der Waals surface area contributed by atoms with Crippen LogP contribution >= 0.6 is 0 Å². The molecule has 1 heterocycles. The third-order valence-electron chi connectivity index (χ3n) is 4.57. The molecule has 1 amide bonds. The second-order valence-electron chi connectivity index (χ2n) is 6.60. The monoisotopic (exact) mass is 351 g/mol. The van der Waals surface area contributed by atoms with Crippen LogP contribution in [0.1, 0.15) is 36.5 Å². The fourth-order valence-corrected chi connectivity index (χ4v) is 3.13. The first kappa shape index (κ1) is 18.0. The van der Waals surface area contributed by atoms with E-state index in [1.54, 1.807) is 24.3 Å². The molecule has 0 aromatic heterocycles. The Morgan fingerprint density at radius 2 is 1.73 bits per heavy atom. The fourth-order valence-electron chi connectivity index (χ4n) is 3.13. The number of nitrogens with one attached hydrogen (secondary N) is 2. The number of rotatable bonds is 7. The molecular weight excluding hydrogens is 326 g/mol. The summed E-state index contributed by atoms with van der Waals surface area (Å²) in [7, 11) is 0. The van der Waals surface area contributed by atoms with Crippen LogP contribution in [0.25, 0.3) is 0 Å². The van der Waals surface area contributed by atoms with Crippen LogP contribution < -0.4 is 15.5 Å². The van der Waals surface area contributed by atoms with Crippen molar-refractivity contribution in [2.24, 2.45) is 0 Å². The molecule has 0 aliphatic carbocycles. The van der Waals surface area contributed by atoms with Gasteiger partial charge in [-0.15, -0.1) is 0 Å². The van der Waals surface area contributed by atoms with Crippen LogP contribution in [-0.2, 0) is 4.79 Å². The lowest BCUT2D eigenvalue weighted by molar-refractivity contribution is -0.115. The van der Waals surface area contributed by atoms with Gasteiger partial charge in [-0.2, -0.15) is 0 Å².